The number of aryl methyl sites for hydroxylation is 3. The highest BCUT2D eigenvalue weighted by atomic mass is 16.5. The van der Waals surface area contributed by atoms with Crippen LogP contribution in [0.2, 0.25) is 0 Å². The van der Waals surface area contributed by atoms with E-state index in [0.717, 1.165) is 40.8 Å². The minimum Gasteiger partial charge on any atom is -0.381 e. The number of nitrogens with one attached hydrogen (secondary N) is 1. The van der Waals surface area contributed by atoms with E-state index < -0.39 is 0 Å². The molecule has 0 radical (unpaired) electrons. The quantitative estimate of drug-likeness (QED) is 0.434. The third-order valence-electron chi connectivity index (χ3n) is 5.56. The predicted octanol–water partition coefficient (Wildman–Crippen LogP) is 5.01. The molecule has 0 fully saturated rings. The van der Waals surface area contributed by atoms with Crippen molar-refractivity contribution in [2.24, 2.45) is 0 Å². The number of rotatable bonds is 10. The Labute approximate surface area is 185 Å². The van der Waals surface area contributed by atoms with Gasteiger partial charge >= 0.3 is 0 Å². The van der Waals surface area contributed by atoms with Crippen LogP contribution in [0.25, 0.3) is 5.57 Å². The number of unbranched alkanes of at least 4 members (excludes halogenated alkanes) is 1. The average Bonchev–Trinajstić information content (AvgIpc) is 2.96. The maximum absolute atomic E-state index is 13.3. The number of carbonyl (C=O) groups is 2. The Morgan fingerprint density at radius 2 is 1.68 bits per heavy atom. The number of anilines is 1. The van der Waals surface area contributed by atoms with Gasteiger partial charge in [0.15, 0.2) is 0 Å². The van der Waals surface area contributed by atoms with Gasteiger partial charge in [-0.3, -0.25) is 14.5 Å². The molecule has 0 atom stereocenters. The van der Waals surface area contributed by atoms with Crippen LogP contribution in [-0.4, -0.2) is 36.5 Å². The summed E-state index contributed by atoms with van der Waals surface area (Å²) in [6.45, 7) is 9.76. The summed E-state index contributed by atoms with van der Waals surface area (Å²) in [4.78, 5) is 27.9. The second-order valence-electron chi connectivity index (χ2n) is 8.12. The third-order valence-corrected chi connectivity index (χ3v) is 5.56. The van der Waals surface area contributed by atoms with Crippen LogP contribution in [0.1, 0.15) is 48.4 Å². The Morgan fingerprint density at radius 3 is 2.39 bits per heavy atom. The van der Waals surface area contributed by atoms with E-state index in [4.69, 9.17) is 4.74 Å². The standard InChI is InChI=1S/C26H32N2O3/c1-5-6-14-31-15-8-13-28-25(29)23(21-12-11-19(3)20(4)17-21)24(26(28)30)27-22-10-7-9-18(2)16-22/h7,9-12,16-17,27H,5-6,8,13-15H2,1-4H3. The van der Waals surface area contributed by atoms with Gasteiger partial charge in [-0.05, 0) is 68.0 Å². The highest BCUT2D eigenvalue weighted by Crippen LogP contribution is 2.31. The molecule has 0 aliphatic carbocycles. The summed E-state index contributed by atoms with van der Waals surface area (Å²) in [5, 5.41) is 3.23. The second kappa shape index (κ2) is 10.4. The lowest BCUT2D eigenvalue weighted by Crippen LogP contribution is -2.34. The fourth-order valence-electron chi connectivity index (χ4n) is 3.60. The number of nitrogens with zero attached hydrogens (tertiary/aromatic N) is 1. The van der Waals surface area contributed by atoms with E-state index >= 15 is 0 Å². The zero-order chi connectivity index (χ0) is 22.4. The fraction of sp³-hybridized carbons (Fsp3) is 0.385. The third kappa shape index (κ3) is 5.42. The Kier molecular flexibility index (Phi) is 7.64. The normalized spacial score (nSPS) is 14.0. The molecule has 0 aromatic heterocycles. The number of amides is 2. The van der Waals surface area contributed by atoms with E-state index in [1.165, 1.54) is 4.90 Å². The number of carbonyl (C=O) groups excluding carboxylic acids is 2. The molecule has 0 saturated carbocycles. The minimum atomic E-state index is -0.284. The predicted molar refractivity (Wildman–Crippen MR) is 125 cm³/mol. The van der Waals surface area contributed by atoms with Crippen molar-refractivity contribution in [2.45, 2.75) is 47.0 Å². The Bertz CT molecular complexity index is 994. The lowest BCUT2D eigenvalue weighted by atomic mass is 9.99. The molecule has 0 saturated heterocycles. The summed E-state index contributed by atoms with van der Waals surface area (Å²) in [6.07, 6.45) is 2.73. The first-order chi connectivity index (χ1) is 14.9. The van der Waals surface area contributed by atoms with E-state index in [2.05, 4.69) is 12.2 Å². The van der Waals surface area contributed by atoms with Crippen molar-refractivity contribution in [1.29, 1.82) is 0 Å². The molecule has 31 heavy (non-hydrogen) atoms. The van der Waals surface area contributed by atoms with Gasteiger partial charge in [0, 0.05) is 25.4 Å². The topological polar surface area (TPSA) is 58.6 Å². The minimum absolute atomic E-state index is 0.253. The Morgan fingerprint density at radius 1 is 0.903 bits per heavy atom. The largest absolute Gasteiger partial charge is 0.381 e. The van der Waals surface area contributed by atoms with E-state index in [-0.39, 0.29) is 11.8 Å². The molecule has 0 unspecified atom stereocenters. The van der Waals surface area contributed by atoms with Crippen molar-refractivity contribution in [2.75, 3.05) is 25.1 Å². The van der Waals surface area contributed by atoms with Gasteiger partial charge in [0.05, 0.1) is 5.57 Å². The highest BCUT2D eigenvalue weighted by Gasteiger charge is 2.38. The number of hydrogen-bond donors (Lipinski definition) is 1. The smallest absolute Gasteiger partial charge is 0.278 e. The van der Waals surface area contributed by atoms with Crippen LogP contribution in [0, 0.1) is 20.8 Å². The summed E-state index contributed by atoms with van der Waals surface area (Å²) in [7, 11) is 0. The van der Waals surface area contributed by atoms with Crippen molar-refractivity contribution in [3.63, 3.8) is 0 Å². The molecular weight excluding hydrogens is 388 g/mol. The van der Waals surface area contributed by atoms with E-state index in [9.17, 15) is 9.59 Å². The van der Waals surface area contributed by atoms with Crippen LogP contribution in [0.15, 0.2) is 48.2 Å². The molecule has 164 valence electrons. The molecular formula is C26H32N2O3. The fourth-order valence-corrected chi connectivity index (χ4v) is 3.60. The molecule has 0 spiro atoms. The van der Waals surface area contributed by atoms with Gasteiger partial charge in [-0.25, -0.2) is 0 Å². The van der Waals surface area contributed by atoms with Crippen molar-refractivity contribution >= 4 is 23.1 Å². The molecule has 2 aromatic carbocycles. The van der Waals surface area contributed by atoms with Gasteiger partial charge in [-0.1, -0.05) is 43.7 Å². The molecule has 5 nitrogen and oxygen atoms in total. The monoisotopic (exact) mass is 420 g/mol. The lowest BCUT2D eigenvalue weighted by molar-refractivity contribution is -0.137. The van der Waals surface area contributed by atoms with Gasteiger partial charge in [-0.15, -0.1) is 0 Å². The van der Waals surface area contributed by atoms with Crippen LogP contribution in [0.4, 0.5) is 5.69 Å². The maximum Gasteiger partial charge on any atom is 0.278 e. The van der Waals surface area contributed by atoms with E-state index in [1.807, 2.05) is 63.2 Å². The van der Waals surface area contributed by atoms with Crippen molar-refractivity contribution < 1.29 is 14.3 Å². The second-order valence-corrected chi connectivity index (χ2v) is 8.12. The lowest BCUT2D eigenvalue weighted by Gasteiger charge is -2.15. The van der Waals surface area contributed by atoms with Gasteiger partial charge in [0.1, 0.15) is 5.70 Å². The molecule has 0 bridgehead atoms. The first-order valence-corrected chi connectivity index (χ1v) is 11.0. The number of benzene rings is 2. The molecule has 2 amide bonds. The zero-order valence-electron chi connectivity index (χ0n) is 19.0. The summed E-state index contributed by atoms with van der Waals surface area (Å²) in [5.74, 6) is -0.537. The Hall–Kier alpha value is -2.92. The molecule has 1 aliphatic rings. The molecule has 3 rings (SSSR count). The molecule has 1 heterocycles. The number of hydrogen-bond acceptors (Lipinski definition) is 4. The maximum atomic E-state index is 13.3. The van der Waals surface area contributed by atoms with Crippen LogP contribution in [-0.2, 0) is 14.3 Å². The summed E-state index contributed by atoms with van der Waals surface area (Å²) < 4.78 is 5.60. The van der Waals surface area contributed by atoms with E-state index in [0.29, 0.717) is 37.4 Å². The van der Waals surface area contributed by atoms with Gasteiger partial charge < -0.3 is 10.1 Å². The number of ether oxygens (including phenoxy) is 1. The van der Waals surface area contributed by atoms with Crippen LogP contribution in [0.3, 0.4) is 0 Å². The van der Waals surface area contributed by atoms with E-state index in [1.54, 1.807) is 0 Å². The SMILES string of the molecule is CCCCOCCCN1C(=O)C(Nc2cccc(C)c2)=C(c2ccc(C)c(C)c2)C1=O. The first-order valence-electron chi connectivity index (χ1n) is 11.0. The van der Waals surface area contributed by atoms with Crippen LogP contribution >= 0.6 is 0 Å². The summed E-state index contributed by atoms with van der Waals surface area (Å²) in [6, 6.07) is 13.7. The van der Waals surface area contributed by atoms with Gasteiger partial charge in [0.2, 0.25) is 0 Å². The summed E-state index contributed by atoms with van der Waals surface area (Å²) in [5.41, 5.74) is 5.64. The van der Waals surface area contributed by atoms with Crippen molar-refractivity contribution in [3.05, 3.63) is 70.4 Å². The summed E-state index contributed by atoms with van der Waals surface area (Å²) >= 11 is 0. The van der Waals surface area contributed by atoms with Crippen molar-refractivity contribution in [3.8, 4) is 0 Å². The Balaban J connectivity index is 1.86. The molecule has 2 aromatic rings. The highest BCUT2D eigenvalue weighted by molar-refractivity contribution is 6.36. The molecule has 5 heteroatoms. The van der Waals surface area contributed by atoms with Gasteiger partial charge in [-0.2, -0.15) is 0 Å². The molecule has 1 N–H and O–H groups in total. The average molecular weight is 421 g/mol. The van der Waals surface area contributed by atoms with Crippen LogP contribution < -0.4 is 5.32 Å². The molecule has 1 aliphatic heterocycles. The van der Waals surface area contributed by atoms with Crippen LogP contribution in [0.5, 0.6) is 0 Å². The first kappa shape index (κ1) is 22.8. The van der Waals surface area contributed by atoms with Gasteiger partial charge in [0.25, 0.3) is 11.8 Å². The number of imide groups is 1. The zero-order valence-corrected chi connectivity index (χ0v) is 19.0. The van der Waals surface area contributed by atoms with Crippen molar-refractivity contribution in [1.82, 2.24) is 4.90 Å².